The fourth-order valence-corrected chi connectivity index (χ4v) is 3.38. The molecule has 2 amide bonds. The fourth-order valence-electron chi connectivity index (χ4n) is 3.11. The van der Waals surface area contributed by atoms with Gasteiger partial charge >= 0.3 is 0 Å². The number of halogens is 1. The Morgan fingerprint density at radius 2 is 1.46 bits per heavy atom. The summed E-state index contributed by atoms with van der Waals surface area (Å²) in [7, 11) is 0. The van der Waals surface area contributed by atoms with Crippen molar-refractivity contribution >= 4 is 40.4 Å². The van der Waals surface area contributed by atoms with Gasteiger partial charge in [0.1, 0.15) is 5.03 Å². The predicted octanol–water partition coefficient (Wildman–Crippen LogP) is 4.36. The average molecular weight is 369 g/mol. The summed E-state index contributed by atoms with van der Waals surface area (Å²) >= 11 is 6.23. The Balaban J connectivity index is 1.92. The molecule has 2 aromatic carbocycles. The maximum Gasteiger partial charge on any atom is 0.277 e. The highest BCUT2D eigenvalue weighted by Gasteiger charge is 2.39. The van der Waals surface area contributed by atoms with Crippen LogP contribution in [0.5, 0.6) is 0 Å². The zero-order valence-corrected chi connectivity index (χ0v) is 15.9. The van der Waals surface area contributed by atoms with Gasteiger partial charge in [-0.15, -0.1) is 0 Å². The topological polar surface area (TPSA) is 40.6 Å². The monoisotopic (exact) mass is 368 g/mol. The molecule has 134 valence electrons. The molecule has 1 aliphatic rings. The molecule has 0 aliphatic carbocycles. The quantitative estimate of drug-likeness (QED) is 0.736. The van der Waals surface area contributed by atoms with Gasteiger partial charge in [0.15, 0.2) is 0 Å². The summed E-state index contributed by atoms with van der Waals surface area (Å²) in [5.74, 6) is -0.873. The van der Waals surface area contributed by atoms with Gasteiger partial charge in [-0.3, -0.25) is 9.59 Å². The molecule has 0 radical (unpaired) electrons. The number of aryl methyl sites for hydroxylation is 1. The number of carbonyl (C=O) groups is 2. The van der Waals surface area contributed by atoms with Gasteiger partial charge in [0, 0.05) is 18.8 Å². The van der Waals surface area contributed by atoms with Crippen LogP contribution in [-0.4, -0.2) is 24.9 Å². The van der Waals surface area contributed by atoms with Crippen molar-refractivity contribution in [3.8, 4) is 0 Å². The summed E-state index contributed by atoms with van der Waals surface area (Å²) in [6.45, 7) is 7.92. The molecule has 5 heteroatoms. The average Bonchev–Trinajstić information content (AvgIpc) is 2.87. The van der Waals surface area contributed by atoms with Crippen LogP contribution < -0.4 is 9.80 Å². The van der Waals surface area contributed by atoms with Crippen LogP contribution in [0, 0.1) is 6.92 Å². The lowest BCUT2D eigenvalue weighted by atomic mass is 10.0. The van der Waals surface area contributed by atoms with Crippen LogP contribution in [0.3, 0.4) is 0 Å². The van der Waals surface area contributed by atoms with Crippen molar-refractivity contribution in [2.24, 2.45) is 0 Å². The number of benzene rings is 2. The molecule has 2 aromatic rings. The zero-order valence-electron chi connectivity index (χ0n) is 15.1. The third-order valence-corrected chi connectivity index (χ3v) is 4.95. The second kappa shape index (κ2) is 7.34. The fraction of sp³-hybridized carbons (Fsp3) is 0.238. The number of anilines is 2. The van der Waals surface area contributed by atoms with Crippen LogP contribution in [-0.2, 0) is 9.59 Å². The van der Waals surface area contributed by atoms with E-state index >= 15 is 0 Å². The third-order valence-electron chi connectivity index (χ3n) is 4.60. The summed E-state index contributed by atoms with van der Waals surface area (Å²) in [5.41, 5.74) is 3.56. The smallest absolute Gasteiger partial charge is 0.277 e. The molecule has 0 aromatic heterocycles. The second-order valence-corrected chi connectivity index (χ2v) is 6.57. The van der Waals surface area contributed by atoms with Gasteiger partial charge in [-0.2, -0.15) is 0 Å². The van der Waals surface area contributed by atoms with E-state index in [0.29, 0.717) is 11.3 Å². The van der Waals surface area contributed by atoms with E-state index in [1.165, 1.54) is 0 Å². The normalized spacial score (nSPS) is 14.4. The minimum atomic E-state index is -0.483. The Kier molecular flexibility index (Phi) is 5.14. The first-order valence-electron chi connectivity index (χ1n) is 8.68. The molecule has 0 fully saturated rings. The van der Waals surface area contributed by atoms with Crippen LogP contribution >= 0.6 is 11.6 Å². The van der Waals surface area contributed by atoms with E-state index in [1.54, 1.807) is 12.1 Å². The summed E-state index contributed by atoms with van der Waals surface area (Å²) in [6.07, 6.45) is 0. The molecule has 1 aliphatic heterocycles. The predicted molar refractivity (Wildman–Crippen MR) is 106 cm³/mol. The summed E-state index contributed by atoms with van der Waals surface area (Å²) in [6, 6.07) is 14.8. The molecule has 3 rings (SSSR count). The lowest BCUT2D eigenvalue weighted by Gasteiger charge is -2.22. The highest BCUT2D eigenvalue weighted by Crippen LogP contribution is 2.35. The maximum atomic E-state index is 12.9. The number of rotatable bonds is 5. The largest absolute Gasteiger partial charge is 0.372 e. The van der Waals surface area contributed by atoms with E-state index in [0.717, 1.165) is 29.2 Å². The Morgan fingerprint density at radius 1 is 0.885 bits per heavy atom. The molecule has 0 spiro atoms. The van der Waals surface area contributed by atoms with Crippen molar-refractivity contribution in [2.75, 3.05) is 22.9 Å². The standard InChI is InChI=1S/C21H21ClN2O2/c1-4-23(5-2)16-10-12-17(13-11-16)24-20(25)18(19(22)21(24)26)15-8-6-14(3)7-9-15/h6-13H,4-5H2,1-3H3. The number of hydrogen-bond acceptors (Lipinski definition) is 3. The summed E-state index contributed by atoms with van der Waals surface area (Å²) < 4.78 is 0. The molecule has 26 heavy (non-hydrogen) atoms. The first-order valence-corrected chi connectivity index (χ1v) is 9.06. The maximum absolute atomic E-state index is 12.9. The van der Waals surface area contributed by atoms with E-state index in [2.05, 4.69) is 18.7 Å². The van der Waals surface area contributed by atoms with Crippen LogP contribution in [0.4, 0.5) is 11.4 Å². The van der Waals surface area contributed by atoms with Crippen molar-refractivity contribution in [1.29, 1.82) is 0 Å². The van der Waals surface area contributed by atoms with E-state index < -0.39 is 5.91 Å². The van der Waals surface area contributed by atoms with Crippen molar-refractivity contribution < 1.29 is 9.59 Å². The van der Waals surface area contributed by atoms with Gasteiger partial charge in [-0.05, 0) is 50.6 Å². The lowest BCUT2D eigenvalue weighted by molar-refractivity contribution is -0.119. The minimum Gasteiger partial charge on any atom is -0.372 e. The van der Waals surface area contributed by atoms with Gasteiger partial charge in [0.25, 0.3) is 11.8 Å². The molecule has 0 atom stereocenters. The van der Waals surface area contributed by atoms with Crippen molar-refractivity contribution in [3.05, 3.63) is 64.7 Å². The second-order valence-electron chi connectivity index (χ2n) is 6.19. The van der Waals surface area contributed by atoms with E-state index in [-0.39, 0.29) is 16.5 Å². The molecular formula is C21H21ClN2O2. The van der Waals surface area contributed by atoms with Crippen molar-refractivity contribution in [2.45, 2.75) is 20.8 Å². The number of carbonyl (C=O) groups excluding carboxylic acids is 2. The highest BCUT2D eigenvalue weighted by atomic mass is 35.5. The zero-order chi connectivity index (χ0) is 18.8. The lowest BCUT2D eigenvalue weighted by Crippen LogP contribution is -2.31. The number of amides is 2. The number of nitrogens with zero attached hydrogens (tertiary/aromatic N) is 2. The van der Waals surface area contributed by atoms with Crippen LogP contribution in [0.25, 0.3) is 5.57 Å². The van der Waals surface area contributed by atoms with Gasteiger partial charge in [-0.25, -0.2) is 4.90 Å². The molecule has 0 saturated heterocycles. The van der Waals surface area contributed by atoms with Crippen LogP contribution in [0.15, 0.2) is 53.6 Å². The Morgan fingerprint density at radius 3 is 2.00 bits per heavy atom. The van der Waals surface area contributed by atoms with Crippen molar-refractivity contribution in [1.82, 2.24) is 0 Å². The van der Waals surface area contributed by atoms with Gasteiger partial charge in [0.2, 0.25) is 0 Å². The van der Waals surface area contributed by atoms with Gasteiger partial charge in [0.05, 0.1) is 11.3 Å². The Bertz CT molecular complexity index is 866. The molecule has 1 heterocycles. The van der Waals surface area contributed by atoms with E-state index in [9.17, 15) is 9.59 Å². The van der Waals surface area contributed by atoms with E-state index in [4.69, 9.17) is 11.6 Å². The highest BCUT2D eigenvalue weighted by molar-refractivity contribution is 6.60. The first kappa shape index (κ1) is 18.2. The Hall–Kier alpha value is -2.59. The molecule has 4 nitrogen and oxygen atoms in total. The first-order chi connectivity index (χ1) is 12.5. The SMILES string of the molecule is CCN(CC)c1ccc(N2C(=O)C(Cl)=C(c3ccc(C)cc3)C2=O)cc1. The molecule has 0 bridgehead atoms. The van der Waals surface area contributed by atoms with Crippen LogP contribution in [0.2, 0.25) is 0 Å². The summed E-state index contributed by atoms with van der Waals surface area (Å²) in [5, 5.41) is -0.0355. The minimum absolute atomic E-state index is 0.0355. The van der Waals surface area contributed by atoms with E-state index in [1.807, 2.05) is 43.3 Å². The molecule has 0 unspecified atom stereocenters. The number of imide groups is 1. The molecule has 0 N–H and O–H groups in total. The molecular weight excluding hydrogens is 348 g/mol. The number of hydrogen-bond donors (Lipinski definition) is 0. The summed E-state index contributed by atoms with van der Waals surface area (Å²) in [4.78, 5) is 28.8. The van der Waals surface area contributed by atoms with Gasteiger partial charge < -0.3 is 4.90 Å². The van der Waals surface area contributed by atoms with Crippen molar-refractivity contribution in [3.63, 3.8) is 0 Å². The van der Waals surface area contributed by atoms with Gasteiger partial charge in [-0.1, -0.05) is 41.4 Å². The molecule has 0 saturated carbocycles. The third kappa shape index (κ3) is 3.13. The Labute approximate surface area is 158 Å². The van der Waals surface area contributed by atoms with Crippen LogP contribution in [0.1, 0.15) is 25.0 Å².